The number of benzene rings is 2. The minimum absolute atomic E-state index is 0.330. The second-order valence-corrected chi connectivity index (χ2v) is 7.26. The fourth-order valence-electron chi connectivity index (χ4n) is 4.07. The van der Waals surface area contributed by atoms with Crippen molar-refractivity contribution in [2.75, 3.05) is 6.61 Å². The van der Waals surface area contributed by atoms with E-state index >= 15 is 0 Å². The van der Waals surface area contributed by atoms with Gasteiger partial charge in [-0.15, -0.1) is 0 Å². The smallest absolute Gasteiger partial charge is 0.123 e. The molecule has 2 aliphatic heterocycles. The van der Waals surface area contributed by atoms with Crippen LogP contribution in [0, 0.1) is 0 Å². The van der Waals surface area contributed by atoms with Gasteiger partial charge < -0.3 is 14.8 Å². The summed E-state index contributed by atoms with van der Waals surface area (Å²) >= 11 is 0. The van der Waals surface area contributed by atoms with E-state index in [0.717, 1.165) is 30.8 Å². The second kappa shape index (κ2) is 7.92. The van der Waals surface area contributed by atoms with Crippen molar-refractivity contribution in [3.8, 4) is 11.5 Å². The number of rotatable bonds is 6. The van der Waals surface area contributed by atoms with E-state index in [0.29, 0.717) is 24.8 Å². The summed E-state index contributed by atoms with van der Waals surface area (Å²) in [6.07, 6.45) is 7.43. The Kier molecular flexibility index (Phi) is 5.22. The lowest BCUT2D eigenvalue weighted by Gasteiger charge is -2.40. The molecule has 2 aromatic carbocycles. The van der Waals surface area contributed by atoms with E-state index in [9.17, 15) is 0 Å². The summed E-state index contributed by atoms with van der Waals surface area (Å²) in [6.45, 7) is 0.685. The van der Waals surface area contributed by atoms with Gasteiger partial charge in [0.25, 0.3) is 0 Å². The molecule has 2 aromatic rings. The van der Waals surface area contributed by atoms with Crippen LogP contribution in [0.4, 0.5) is 0 Å². The maximum absolute atomic E-state index is 6.28. The van der Waals surface area contributed by atoms with Gasteiger partial charge in [0.2, 0.25) is 0 Å². The Morgan fingerprint density at radius 1 is 0.880 bits per heavy atom. The normalized spacial score (nSPS) is 25.4. The maximum atomic E-state index is 6.28. The summed E-state index contributed by atoms with van der Waals surface area (Å²) < 4.78 is 12.2. The monoisotopic (exact) mass is 337 g/mol. The molecule has 1 N–H and O–H groups in total. The van der Waals surface area contributed by atoms with Crippen molar-refractivity contribution in [3.63, 3.8) is 0 Å². The van der Waals surface area contributed by atoms with E-state index in [4.69, 9.17) is 9.47 Å². The molecule has 2 aliphatic rings. The highest BCUT2D eigenvalue weighted by Crippen LogP contribution is 2.29. The molecular weight excluding hydrogens is 310 g/mol. The highest BCUT2D eigenvalue weighted by atomic mass is 16.5. The van der Waals surface area contributed by atoms with Crippen molar-refractivity contribution in [2.24, 2.45) is 0 Å². The van der Waals surface area contributed by atoms with Gasteiger partial charge in [-0.05, 0) is 43.4 Å². The second-order valence-electron chi connectivity index (χ2n) is 7.26. The maximum Gasteiger partial charge on any atom is 0.123 e. The van der Waals surface area contributed by atoms with Crippen LogP contribution < -0.4 is 14.8 Å². The molecule has 0 spiro atoms. The largest absolute Gasteiger partial charge is 0.493 e. The lowest BCUT2D eigenvalue weighted by Crippen LogP contribution is -2.51. The van der Waals surface area contributed by atoms with Crippen LogP contribution in [0.1, 0.15) is 37.7 Å². The highest BCUT2D eigenvalue weighted by Gasteiger charge is 2.32. The molecule has 2 saturated heterocycles. The average Bonchev–Trinajstić information content (AvgIpc) is 2.63. The summed E-state index contributed by atoms with van der Waals surface area (Å²) in [5.41, 5.74) is 1.30. The van der Waals surface area contributed by atoms with Crippen molar-refractivity contribution in [3.05, 3.63) is 60.2 Å². The van der Waals surface area contributed by atoms with E-state index in [1.807, 2.05) is 30.3 Å². The third-order valence-electron chi connectivity index (χ3n) is 5.28. The first-order valence-electron chi connectivity index (χ1n) is 9.55. The van der Waals surface area contributed by atoms with Crippen molar-refractivity contribution < 1.29 is 9.47 Å². The summed E-state index contributed by atoms with van der Waals surface area (Å²) in [5, 5.41) is 3.72. The van der Waals surface area contributed by atoms with Gasteiger partial charge in [0.15, 0.2) is 0 Å². The molecule has 2 bridgehead atoms. The molecule has 25 heavy (non-hydrogen) atoms. The molecule has 3 atom stereocenters. The molecule has 3 heteroatoms. The zero-order chi connectivity index (χ0) is 16.9. The number of hydrogen-bond acceptors (Lipinski definition) is 3. The standard InChI is InChI=1S/C22H27NO2/c1-2-6-17(7-3-1)12-13-24-20-10-5-11-21(16-20)25-22-14-18-8-4-9-19(15-22)23-18/h1-3,5-7,10-11,16,18-19,22-23H,4,8-9,12-15H2/t18-,19+,22-. The number of fused-ring (bicyclic) bond motifs is 2. The van der Waals surface area contributed by atoms with Gasteiger partial charge in [-0.2, -0.15) is 0 Å². The van der Waals surface area contributed by atoms with Gasteiger partial charge >= 0.3 is 0 Å². The zero-order valence-corrected chi connectivity index (χ0v) is 14.7. The van der Waals surface area contributed by atoms with E-state index in [1.54, 1.807) is 0 Å². The molecule has 2 fully saturated rings. The first-order chi connectivity index (χ1) is 12.3. The van der Waals surface area contributed by atoms with Crippen LogP contribution >= 0.6 is 0 Å². The van der Waals surface area contributed by atoms with Crippen LogP contribution in [0.5, 0.6) is 11.5 Å². The van der Waals surface area contributed by atoms with Crippen LogP contribution in [-0.2, 0) is 6.42 Å². The molecule has 132 valence electrons. The Labute approximate surface area is 150 Å². The predicted octanol–water partition coefficient (Wildman–Crippen LogP) is 4.36. The third kappa shape index (κ3) is 4.55. The van der Waals surface area contributed by atoms with Crippen molar-refractivity contribution >= 4 is 0 Å². The van der Waals surface area contributed by atoms with Gasteiger partial charge in [0.05, 0.1) is 6.61 Å². The van der Waals surface area contributed by atoms with Gasteiger partial charge in [0.1, 0.15) is 17.6 Å². The first kappa shape index (κ1) is 16.5. The number of ether oxygens (including phenoxy) is 2. The molecule has 0 saturated carbocycles. The summed E-state index contributed by atoms with van der Waals surface area (Å²) in [5.74, 6) is 1.82. The lowest BCUT2D eigenvalue weighted by molar-refractivity contribution is 0.0925. The molecule has 0 radical (unpaired) electrons. The molecular formula is C22H27NO2. The quantitative estimate of drug-likeness (QED) is 0.849. The fourth-order valence-corrected chi connectivity index (χ4v) is 4.07. The van der Waals surface area contributed by atoms with E-state index in [1.165, 1.54) is 24.8 Å². The number of hydrogen-bond donors (Lipinski definition) is 1. The molecule has 2 heterocycles. The van der Waals surface area contributed by atoms with Crippen LogP contribution in [0.15, 0.2) is 54.6 Å². The lowest BCUT2D eigenvalue weighted by atomic mass is 9.85. The molecule has 0 amide bonds. The van der Waals surface area contributed by atoms with Gasteiger partial charge in [0, 0.05) is 24.6 Å². The Bertz CT molecular complexity index is 661. The van der Waals surface area contributed by atoms with Crippen molar-refractivity contribution in [1.29, 1.82) is 0 Å². The number of nitrogens with one attached hydrogen (secondary N) is 1. The molecule has 0 aliphatic carbocycles. The Morgan fingerprint density at radius 3 is 2.44 bits per heavy atom. The molecule has 4 rings (SSSR count). The summed E-state index contributed by atoms with van der Waals surface area (Å²) in [6, 6.07) is 19.8. The van der Waals surface area contributed by atoms with Crippen LogP contribution in [-0.4, -0.2) is 24.8 Å². The Hall–Kier alpha value is -2.00. The van der Waals surface area contributed by atoms with Crippen LogP contribution in [0.2, 0.25) is 0 Å². The minimum atomic E-state index is 0.330. The minimum Gasteiger partial charge on any atom is -0.493 e. The first-order valence-corrected chi connectivity index (χ1v) is 9.55. The summed E-state index contributed by atoms with van der Waals surface area (Å²) in [4.78, 5) is 0. The van der Waals surface area contributed by atoms with E-state index < -0.39 is 0 Å². The third-order valence-corrected chi connectivity index (χ3v) is 5.28. The highest BCUT2D eigenvalue weighted by molar-refractivity contribution is 5.33. The average molecular weight is 337 g/mol. The Balaban J connectivity index is 1.30. The van der Waals surface area contributed by atoms with E-state index in [-0.39, 0.29) is 0 Å². The van der Waals surface area contributed by atoms with Gasteiger partial charge in [-0.1, -0.05) is 42.8 Å². The van der Waals surface area contributed by atoms with Crippen LogP contribution in [0.25, 0.3) is 0 Å². The topological polar surface area (TPSA) is 30.5 Å². The van der Waals surface area contributed by atoms with E-state index in [2.05, 4.69) is 29.6 Å². The molecule has 0 aromatic heterocycles. The van der Waals surface area contributed by atoms with Crippen molar-refractivity contribution in [2.45, 2.75) is 56.7 Å². The van der Waals surface area contributed by atoms with Gasteiger partial charge in [-0.3, -0.25) is 0 Å². The summed E-state index contributed by atoms with van der Waals surface area (Å²) in [7, 11) is 0. The van der Waals surface area contributed by atoms with Gasteiger partial charge in [-0.25, -0.2) is 0 Å². The van der Waals surface area contributed by atoms with Crippen LogP contribution in [0.3, 0.4) is 0 Å². The molecule has 0 unspecified atom stereocenters. The predicted molar refractivity (Wildman–Crippen MR) is 100 cm³/mol. The van der Waals surface area contributed by atoms with Crippen molar-refractivity contribution in [1.82, 2.24) is 5.32 Å². The SMILES string of the molecule is c1ccc(CCOc2cccc(O[C@@H]3C[C@H]4CCC[C@@H](C3)N4)c2)cc1. The number of piperidine rings is 2. The zero-order valence-electron chi connectivity index (χ0n) is 14.7. The Morgan fingerprint density at radius 2 is 1.64 bits per heavy atom. The molecule has 3 nitrogen and oxygen atoms in total. The fraction of sp³-hybridized carbons (Fsp3) is 0.455.